The maximum Gasteiger partial charge on any atom is 0.345 e. The molecule has 0 atom stereocenters. The normalized spacial score (nSPS) is 12.6. The van der Waals surface area contributed by atoms with Gasteiger partial charge in [-0.05, 0) is 60.7 Å². The van der Waals surface area contributed by atoms with Gasteiger partial charge in [0.1, 0.15) is 5.58 Å². The van der Waals surface area contributed by atoms with Crippen molar-refractivity contribution in [2.24, 2.45) is 10.2 Å². The molecular formula is C23H18BrN3O6S2. The van der Waals surface area contributed by atoms with Gasteiger partial charge in [0.2, 0.25) is 10.0 Å². The summed E-state index contributed by atoms with van der Waals surface area (Å²) in [4.78, 5) is 12.8. The molecule has 4 rings (SSSR count). The van der Waals surface area contributed by atoms with Crippen molar-refractivity contribution in [2.75, 3.05) is 11.2 Å². The van der Waals surface area contributed by atoms with Crippen LogP contribution >= 0.6 is 15.9 Å². The number of rotatable bonds is 7. The number of nitrogens with two attached hydrogens (primary N) is 1. The molecule has 0 aliphatic carbocycles. The minimum absolute atomic E-state index is 0.0382. The summed E-state index contributed by atoms with van der Waals surface area (Å²) >= 11 is 3.36. The lowest BCUT2D eigenvalue weighted by Gasteiger charge is -2.10. The SMILES string of the molecule is NS(=O)(=O)c1ccc(N/N=C(/CS(=O)(=O)c2ccccc2)c2cc3cc(Br)ccc3oc2=O)cc1. The summed E-state index contributed by atoms with van der Waals surface area (Å²) < 4.78 is 55.2. The van der Waals surface area contributed by atoms with Crippen LogP contribution in [0.4, 0.5) is 5.69 Å². The van der Waals surface area contributed by atoms with Crippen molar-refractivity contribution in [1.29, 1.82) is 0 Å². The van der Waals surface area contributed by atoms with Gasteiger partial charge in [0.15, 0.2) is 9.84 Å². The number of primary sulfonamides is 1. The number of halogens is 1. The van der Waals surface area contributed by atoms with E-state index in [1.165, 1.54) is 42.5 Å². The van der Waals surface area contributed by atoms with Crippen LogP contribution in [0.15, 0.2) is 107 Å². The average molecular weight is 576 g/mol. The number of nitrogens with zero attached hydrogens (tertiary/aromatic N) is 1. The van der Waals surface area contributed by atoms with Crippen molar-refractivity contribution in [3.8, 4) is 0 Å². The smallest absolute Gasteiger partial charge is 0.345 e. The molecule has 0 fully saturated rings. The van der Waals surface area contributed by atoms with Gasteiger partial charge in [-0.2, -0.15) is 5.10 Å². The Morgan fingerprint density at radius 2 is 1.60 bits per heavy atom. The van der Waals surface area contributed by atoms with E-state index in [4.69, 9.17) is 9.56 Å². The van der Waals surface area contributed by atoms with E-state index in [1.54, 1.807) is 36.4 Å². The number of benzene rings is 3. The summed E-state index contributed by atoms with van der Waals surface area (Å²) in [5.74, 6) is -0.594. The maximum atomic E-state index is 13.1. The van der Waals surface area contributed by atoms with Crippen molar-refractivity contribution in [3.63, 3.8) is 0 Å². The number of hydrazone groups is 1. The Balaban J connectivity index is 1.79. The number of sulfone groups is 1. The van der Waals surface area contributed by atoms with Gasteiger partial charge in [-0.3, -0.25) is 5.43 Å². The fourth-order valence-corrected chi connectivity index (χ4v) is 5.42. The summed E-state index contributed by atoms with van der Waals surface area (Å²) in [6, 6.07) is 19.7. The van der Waals surface area contributed by atoms with Crippen molar-refractivity contribution in [3.05, 3.63) is 99.3 Å². The first-order valence-electron chi connectivity index (χ1n) is 10.00. The van der Waals surface area contributed by atoms with Crippen LogP contribution < -0.4 is 16.2 Å². The number of anilines is 1. The second kappa shape index (κ2) is 9.74. The molecule has 9 nitrogen and oxygen atoms in total. The van der Waals surface area contributed by atoms with Crippen LogP contribution in [0.5, 0.6) is 0 Å². The monoisotopic (exact) mass is 575 g/mol. The molecule has 0 unspecified atom stereocenters. The van der Waals surface area contributed by atoms with E-state index < -0.39 is 31.2 Å². The predicted octanol–water partition coefficient (Wildman–Crippen LogP) is 3.49. The van der Waals surface area contributed by atoms with E-state index in [-0.39, 0.29) is 21.1 Å². The Morgan fingerprint density at radius 3 is 2.26 bits per heavy atom. The highest BCUT2D eigenvalue weighted by atomic mass is 79.9. The van der Waals surface area contributed by atoms with Crippen LogP contribution in [0.2, 0.25) is 0 Å². The zero-order valence-corrected chi connectivity index (χ0v) is 21.1. The van der Waals surface area contributed by atoms with Crippen LogP contribution in [0.1, 0.15) is 5.56 Å². The molecule has 12 heteroatoms. The van der Waals surface area contributed by atoms with Gasteiger partial charge in [0.25, 0.3) is 0 Å². The zero-order chi connectivity index (χ0) is 25.2. The predicted molar refractivity (Wildman–Crippen MR) is 137 cm³/mol. The molecule has 0 bridgehead atoms. The maximum absolute atomic E-state index is 13.1. The third kappa shape index (κ3) is 5.85. The fourth-order valence-electron chi connectivity index (χ4n) is 3.21. The molecule has 0 spiro atoms. The van der Waals surface area contributed by atoms with Crippen molar-refractivity contribution < 1.29 is 21.3 Å². The standard InChI is InChI=1S/C23H18BrN3O6S2/c24-16-6-11-22-15(12-16)13-20(23(28)33-22)21(14-34(29,30)18-4-2-1-3-5-18)27-26-17-7-9-19(10-8-17)35(25,31)32/h1-13,26H,14H2,(H2,25,31,32)/b27-21-. The lowest BCUT2D eigenvalue weighted by Crippen LogP contribution is -2.24. The van der Waals surface area contributed by atoms with Crippen molar-refractivity contribution in [1.82, 2.24) is 0 Å². The highest BCUT2D eigenvalue weighted by molar-refractivity contribution is 9.10. The first-order valence-corrected chi connectivity index (χ1v) is 14.0. The first kappa shape index (κ1) is 24.8. The molecule has 180 valence electrons. The Morgan fingerprint density at radius 1 is 0.914 bits per heavy atom. The van der Waals surface area contributed by atoms with Crippen LogP contribution in [0.3, 0.4) is 0 Å². The molecule has 0 aliphatic rings. The van der Waals surface area contributed by atoms with Gasteiger partial charge < -0.3 is 4.42 Å². The van der Waals surface area contributed by atoms with Gasteiger partial charge in [-0.25, -0.2) is 26.8 Å². The summed E-state index contributed by atoms with van der Waals surface area (Å²) in [5, 5.41) is 9.87. The van der Waals surface area contributed by atoms with Gasteiger partial charge in [0, 0.05) is 9.86 Å². The summed E-state index contributed by atoms with van der Waals surface area (Å²) in [6.07, 6.45) is 0. The lowest BCUT2D eigenvalue weighted by atomic mass is 10.1. The van der Waals surface area contributed by atoms with E-state index in [0.29, 0.717) is 16.7 Å². The number of sulfonamides is 1. The molecule has 0 radical (unpaired) electrons. The van der Waals surface area contributed by atoms with Crippen molar-refractivity contribution in [2.45, 2.75) is 9.79 Å². The fraction of sp³-hybridized carbons (Fsp3) is 0.0435. The third-order valence-electron chi connectivity index (χ3n) is 4.94. The molecule has 0 saturated carbocycles. The molecule has 1 heterocycles. The number of hydrogen-bond donors (Lipinski definition) is 2. The molecule has 3 N–H and O–H groups in total. The second-order valence-corrected chi connectivity index (χ2v) is 11.9. The van der Waals surface area contributed by atoms with Gasteiger partial charge in [-0.15, -0.1) is 0 Å². The summed E-state index contributed by atoms with van der Waals surface area (Å²) in [6.45, 7) is 0. The van der Waals surface area contributed by atoms with E-state index in [0.717, 1.165) is 4.47 Å². The van der Waals surface area contributed by atoms with E-state index in [9.17, 15) is 21.6 Å². The second-order valence-electron chi connectivity index (χ2n) is 7.44. The molecule has 0 aliphatic heterocycles. The van der Waals surface area contributed by atoms with Crippen LogP contribution in [0, 0.1) is 0 Å². The molecule has 0 amide bonds. The average Bonchev–Trinajstić information content (AvgIpc) is 2.82. The van der Waals surface area contributed by atoms with Gasteiger partial charge >= 0.3 is 5.63 Å². The largest absolute Gasteiger partial charge is 0.422 e. The minimum Gasteiger partial charge on any atom is -0.422 e. The van der Waals surface area contributed by atoms with Gasteiger partial charge in [0.05, 0.1) is 32.5 Å². The van der Waals surface area contributed by atoms with Crippen molar-refractivity contribution >= 4 is 58.2 Å². The molecule has 0 saturated heterocycles. The van der Waals surface area contributed by atoms with Crippen LogP contribution in [-0.4, -0.2) is 28.3 Å². The Labute approximate surface area is 209 Å². The summed E-state index contributed by atoms with van der Waals surface area (Å²) in [5.41, 5.74) is 2.48. The Kier molecular flexibility index (Phi) is 6.90. The first-order chi connectivity index (χ1) is 16.5. The minimum atomic E-state index is -3.88. The van der Waals surface area contributed by atoms with E-state index in [1.807, 2.05) is 0 Å². The molecular weight excluding hydrogens is 558 g/mol. The quantitative estimate of drug-likeness (QED) is 0.194. The number of nitrogens with one attached hydrogen (secondary N) is 1. The van der Waals surface area contributed by atoms with E-state index >= 15 is 0 Å². The molecule has 1 aromatic heterocycles. The van der Waals surface area contributed by atoms with Crippen LogP contribution in [0.25, 0.3) is 11.0 Å². The Hall–Kier alpha value is -3.32. The number of fused-ring (bicyclic) bond motifs is 1. The topological polar surface area (TPSA) is 149 Å². The van der Waals surface area contributed by atoms with Gasteiger partial charge in [-0.1, -0.05) is 34.1 Å². The molecule has 35 heavy (non-hydrogen) atoms. The summed E-state index contributed by atoms with van der Waals surface area (Å²) in [7, 11) is -7.75. The molecule has 3 aromatic carbocycles. The molecule has 4 aromatic rings. The lowest BCUT2D eigenvalue weighted by molar-refractivity contribution is 0.559. The Bertz CT molecular complexity index is 1700. The highest BCUT2D eigenvalue weighted by Gasteiger charge is 2.22. The highest BCUT2D eigenvalue weighted by Crippen LogP contribution is 2.21. The zero-order valence-electron chi connectivity index (χ0n) is 17.9. The third-order valence-corrected chi connectivity index (χ3v) is 8.00. The van der Waals surface area contributed by atoms with Crippen LogP contribution in [-0.2, 0) is 19.9 Å². The van der Waals surface area contributed by atoms with E-state index in [2.05, 4.69) is 26.5 Å². The number of hydrogen-bond acceptors (Lipinski definition) is 8.